The summed E-state index contributed by atoms with van der Waals surface area (Å²) in [5, 5.41) is 3.98. The Morgan fingerprint density at radius 2 is 2.18 bits per heavy atom. The van der Waals surface area contributed by atoms with Crippen molar-refractivity contribution in [1.82, 2.24) is 15.0 Å². The monoisotopic (exact) mass is 299 g/mol. The standard InChI is InChI=1S/C16H17N3O3/c1-10-17-15(18-22-10)14-3-2-6-19(14)16(20)11-4-5-12-8-21-9-13(12)7-11/h4-5,7,14H,2-3,6,8-9H2,1H3/t14-/m1/s1. The Morgan fingerprint density at radius 3 is 3.00 bits per heavy atom. The summed E-state index contributed by atoms with van der Waals surface area (Å²) in [5.74, 6) is 1.16. The zero-order chi connectivity index (χ0) is 15.1. The van der Waals surface area contributed by atoms with Crippen molar-refractivity contribution in [2.45, 2.75) is 39.0 Å². The molecular weight excluding hydrogens is 282 g/mol. The maximum absolute atomic E-state index is 12.8. The van der Waals surface area contributed by atoms with Crippen molar-refractivity contribution >= 4 is 5.91 Å². The van der Waals surface area contributed by atoms with Gasteiger partial charge in [-0.05, 0) is 36.1 Å². The maximum atomic E-state index is 12.8. The van der Waals surface area contributed by atoms with Crippen LogP contribution >= 0.6 is 0 Å². The molecule has 1 aromatic heterocycles. The third-order valence-corrected chi connectivity index (χ3v) is 4.32. The van der Waals surface area contributed by atoms with Crippen LogP contribution in [0.3, 0.4) is 0 Å². The molecule has 1 amide bonds. The van der Waals surface area contributed by atoms with Crippen LogP contribution in [0.25, 0.3) is 0 Å². The van der Waals surface area contributed by atoms with Crippen molar-refractivity contribution in [1.29, 1.82) is 0 Å². The average Bonchev–Trinajstić information content (AvgIpc) is 3.25. The molecule has 2 aliphatic heterocycles. The van der Waals surface area contributed by atoms with E-state index in [0.29, 0.717) is 30.5 Å². The number of rotatable bonds is 2. The van der Waals surface area contributed by atoms with Crippen LogP contribution in [0.5, 0.6) is 0 Å². The highest BCUT2D eigenvalue weighted by atomic mass is 16.5. The zero-order valence-electron chi connectivity index (χ0n) is 12.4. The van der Waals surface area contributed by atoms with E-state index in [9.17, 15) is 4.79 Å². The largest absolute Gasteiger partial charge is 0.372 e. The lowest BCUT2D eigenvalue weighted by Gasteiger charge is -2.22. The van der Waals surface area contributed by atoms with Crippen LogP contribution in [0.1, 0.15) is 52.1 Å². The smallest absolute Gasteiger partial charge is 0.254 e. The molecule has 1 atom stereocenters. The van der Waals surface area contributed by atoms with Crippen molar-refractivity contribution in [3.05, 3.63) is 46.6 Å². The van der Waals surface area contributed by atoms with Crippen molar-refractivity contribution in [2.75, 3.05) is 6.54 Å². The number of carbonyl (C=O) groups excluding carboxylic acids is 1. The molecule has 0 N–H and O–H groups in total. The van der Waals surface area contributed by atoms with Gasteiger partial charge in [-0.25, -0.2) is 0 Å². The van der Waals surface area contributed by atoms with Gasteiger partial charge in [-0.15, -0.1) is 0 Å². The Labute approximate surface area is 128 Å². The maximum Gasteiger partial charge on any atom is 0.254 e. The van der Waals surface area contributed by atoms with Crippen molar-refractivity contribution in [3.63, 3.8) is 0 Å². The molecule has 0 saturated carbocycles. The average molecular weight is 299 g/mol. The zero-order valence-corrected chi connectivity index (χ0v) is 12.4. The van der Waals surface area contributed by atoms with Crippen LogP contribution in [-0.4, -0.2) is 27.5 Å². The summed E-state index contributed by atoms with van der Waals surface area (Å²) in [6.45, 7) is 3.71. The topological polar surface area (TPSA) is 68.5 Å². The first kappa shape index (κ1) is 13.5. The van der Waals surface area contributed by atoms with E-state index in [1.807, 2.05) is 23.1 Å². The number of aryl methyl sites for hydroxylation is 1. The number of likely N-dealkylation sites (tertiary alicyclic amines) is 1. The van der Waals surface area contributed by atoms with E-state index in [2.05, 4.69) is 10.1 Å². The lowest BCUT2D eigenvalue weighted by atomic mass is 10.1. The molecule has 0 bridgehead atoms. The van der Waals surface area contributed by atoms with Crippen molar-refractivity contribution in [2.24, 2.45) is 0 Å². The fourth-order valence-electron chi connectivity index (χ4n) is 3.20. The van der Waals surface area contributed by atoms with Gasteiger partial charge in [0.2, 0.25) is 5.89 Å². The van der Waals surface area contributed by atoms with Gasteiger partial charge in [0, 0.05) is 19.0 Å². The van der Waals surface area contributed by atoms with E-state index < -0.39 is 0 Å². The molecular formula is C16H17N3O3. The first-order chi connectivity index (χ1) is 10.7. The summed E-state index contributed by atoms with van der Waals surface area (Å²) in [7, 11) is 0. The molecule has 0 radical (unpaired) electrons. The molecule has 0 unspecified atom stereocenters. The normalized spacial score (nSPS) is 20.4. The Hall–Kier alpha value is -2.21. The highest BCUT2D eigenvalue weighted by molar-refractivity contribution is 5.95. The molecule has 0 aliphatic carbocycles. The summed E-state index contributed by atoms with van der Waals surface area (Å²) in [6, 6.07) is 5.72. The number of aromatic nitrogens is 2. The van der Waals surface area contributed by atoms with Gasteiger partial charge in [-0.2, -0.15) is 4.98 Å². The minimum absolute atomic E-state index is 0.0275. The Morgan fingerprint density at radius 1 is 1.32 bits per heavy atom. The first-order valence-corrected chi connectivity index (χ1v) is 7.53. The van der Waals surface area contributed by atoms with Crippen molar-refractivity contribution < 1.29 is 14.1 Å². The van der Waals surface area contributed by atoms with E-state index in [4.69, 9.17) is 9.26 Å². The SMILES string of the molecule is Cc1nc([C@H]2CCCN2C(=O)c2ccc3c(c2)COC3)no1. The molecule has 6 heteroatoms. The molecule has 1 saturated heterocycles. The number of benzene rings is 1. The fourth-order valence-corrected chi connectivity index (χ4v) is 3.20. The number of nitrogens with zero attached hydrogens (tertiary/aromatic N) is 3. The van der Waals surface area contributed by atoms with E-state index in [1.54, 1.807) is 6.92 Å². The summed E-state index contributed by atoms with van der Waals surface area (Å²) >= 11 is 0. The highest BCUT2D eigenvalue weighted by Gasteiger charge is 2.34. The minimum atomic E-state index is -0.0885. The van der Waals surface area contributed by atoms with E-state index in [0.717, 1.165) is 24.9 Å². The van der Waals surface area contributed by atoms with E-state index >= 15 is 0 Å². The van der Waals surface area contributed by atoms with Gasteiger partial charge >= 0.3 is 0 Å². The summed E-state index contributed by atoms with van der Waals surface area (Å²) in [4.78, 5) is 19.0. The molecule has 2 aromatic rings. The van der Waals surface area contributed by atoms with Crippen LogP contribution in [-0.2, 0) is 18.0 Å². The number of ether oxygens (including phenoxy) is 1. The van der Waals surface area contributed by atoms with Crippen LogP contribution in [0, 0.1) is 6.92 Å². The number of hydrogen-bond acceptors (Lipinski definition) is 5. The van der Waals surface area contributed by atoms with E-state index in [-0.39, 0.29) is 11.9 Å². The second kappa shape index (κ2) is 5.21. The highest BCUT2D eigenvalue weighted by Crippen LogP contribution is 2.32. The molecule has 114 valence electrons. The number of fused-ring (bicyclic) bond motifs is 1. The molecule has 4 rings (SSSR count). The Kier molecular flexibility index (Phi) is 3.18. The van der Waals surface area contributed by atoms with Gasteiger partial charge < -0.3 is 14.2 Å². The summed E-state index contributed by atoms with van der Waals surface area (Å²) in [6.07, 6.45) is 1.83. The van der Waals surface area contributed by atoms with Gasteiger partial charge in [-0.3, -0.25) is 4.79 Å². The molecule has 0 spiro atoms. The number of amides is 1. The fraction of sp³-hybridized carbons (Fsp3) is 0.438. The third kappa shape index (κ3) is 2.20. The first-order valence-electron chi connectivity index (χ1n) is 7.53. The van der Waals surface area contributed by atoms with Gasteiger partial charge in [0.15, 0.2) is 5.82 Å². The number of hydrogen-bond donors (Lipinski definition) is 0. The Bertz CT molecular complexity index is 725. The quantitative estimate of drug-likeness (QED) is 0.851. The molecule has 2 aliphatic rings. The molecule has 6 nitrogen and oxygen atoms in total. The predicted octanol–water partition coefficient (Wildman–Crippen LogP) is 2.39. The molecule has 1 aromatic carbocycles. The molecule has 1 fully saturated rings. The molecule has 22 heavy (non-hydrogen) atoms. The summed E-state index contributed by atoms with van der Waals surface area (Å²) in [5.41, 5.74) is 2.98. The van der Waals surface area contributed by atoms with Gasteiger partial charge in [0.25, 0.3) is 5.91 Å². The van der Waals surface area contributed by atoms with Crippen molar-refractivity contribution in [3.8, 4) is 0 Å². The van der Waals surface area contributed by atoms with Crippen LogP contribution in [0.4, 0.5) is 0 Å². The second-order valence-electron chi connectivity index (χ2n) is 5.80. The summed E-state index contributed by atoms with van der Waals surface area (Å²) < 4.78 is 10.5. The van der Waals surface area contributed by atoms with Crippen LogP contribution < -0.4 is 0 Å². The minimum Gasteiger partial charge on any atom is -0.372 e. The lowest BCUT2D eigenvalue weighted by Crippen LogP contribution is -2.31. The van der Waals surface area contributed by atoms with Crippen LogP contribution in [0.15, 0.2) is 22.7 Å². The lowest BCUT2D eigenvalue weighted by molar-refractivity contribution is 0.0728. The second-order valence-corrected chi connectivity index (χ2v) is 5.80. The molecule has 3 heterocycles. The van der Waals surface area contributed by atoms with Crippen LogP contribution in [0.2, 0.25) is 0 Å². The van der Waals surface area contributed by atoms with Gasteiger partial charge in [0.05, 0.1) is 19.3 Å². The Balaban J connectivity index is 1.61. The predicted molar refractivity (Wildman–Crippen MR) is 77.0 cm³/mol. The third-order valence-electron chi connectivity index (χ3n) is 4.32. The number of carbonyl (C=O) groups is 1. The van der Waals surface area contributed by atoms with Gasteiger partial charge in [0.1, 0.15) is 0 Å². The van der Waals surface area contributed by atoms with Gasteiger partial charge in [-0.1, -0.05) is 11.2 Å². The van der Waals surface area contributed by atoms with E-state index in [1.165, 1.54) is 5.56 Å².